The Morgan fingerprint density at radius 2 is 1.80 bits per heavy atom. The van der Waals surface area contributed by atoms with Gasteiger partial charge in [0.1, 0.15) is 5.75 Å². The fourth-order valence-electron chi connectivity index (χ4n) is 2.02. The van der Waals surface area contributed by atoms with Gasteiger partial charge in [0.05, 0.1) is 7.11 Å². The maximum Gasteiger partial charge on any atom is 0.322 e. The van der Waals surface area contributed by atoms with E-state index in [2.05, 4.69) is 20.8 Å². The van der Waals surface area contributed by atoms with Crippen LogP contribution in [-0.2, 0) is 0 Å². The largest absolute Gasteiger partial charge is 0.497 e. The molecule has 7 nitrogen and oxygen atoms in total. The molecule has 126 valence electrons. The van der Waals surface area contributed by atoms with Crippen molar-refractivity contribution in [3.63, 3.8) is 0 Å². The van der Waals surface area contributed by atoms with Crippen LogP contribution < -0.4 is 15.4 Å². The van der Waals surface area contributed by atoms with Crippen LogP contribution >= 0.6 is 12.2 Å². The molecule has 3 aromatic rings. The van der Waals surface area contributed by atoms with Gasteiger partial charge in [0.25, 0.3) is 5.91 Å². The van der Waals surface area contributed by atoms with Gasteiger partial charge in [0.15, 0.2) is 5.11 Å². The summed E-state index contributed by atoms with van der Waals surface area (Å²) in [5.74, 6) is 0.724. The molecular weight excluding hydrogens is 340 g/mol. The average Bonchev–Trinajstić information content (AvgIpc) is 3.10. The fourth-order valence-corrected chi connectivity index (χ4v) is 2.20. The number of nitrogens with one attached hydrogen (secondary N) is 2. The maximum absolute atomic E-state index is 12.0. The van der Waals surface area contributed by atoms with Crippen LogP contribution in [0.4, 0.5) is 6.01 Å². The highest BCUT2D eigenvalue weighted by atomic mass is 32.1. The van der Waals surface area contributed by atoms with Gasteiger partial charge in [-0.15, -0.1) is 5.10 Å². The van der Waals surface area contributed by atoms with Crippen LogP contribution in [0.25, 0.3) is 11.5 Å². The second-order valence-electron chi connectivity index (χ2n) is 4.92. The van der Waals surface area contributed by atoms with E-state index in [4.69, 9.17) is 21.4 Å². The van der Waals surface area contributed by atoms with Gasteiger partial charge in [-0.25, -0.2) is 0 Å². The van der Waals surface area contributed by atoms with E-state index >= 15 is 0 Å². The summed E-state index contributed by atoms with van der Waals surface area (Å²) >= 11 is 5.08. The summed E-state index contributed by atoms with van der Waals surface area (Å²) in [6, 6.07) is 16.0. The zero-order valence-electron chi connectivity index (χ0n) is 13.2. The van der Waals surface area contributed by atoms with Crippen molar-refractivity contribution in [1.29, 1.82) is 0 Å². The summed E-state index contributed by atoms with van der Waals surface area (Å²) < 4.78 is 10.6. The number of amides is 1. The van der Waals surface area contributed by atoms with Gasteiger partial charge in [0, 0.05) is 11.1 Å². The molecule has 0 saturated heterocycles. The van der Waals surface area contributed by atoms with Gasteiger partial charge >= 0.3 is 6.01 Å². The lowest BCUT2D eigenvalue weighted by atomic mass is 10.2. The molecule has 0 aliphatic heterocycles. The summed E-state index contributed by atoms with van der Waals surface area (Å²) in [5, 5.41) is 13.1. The van der Waals surface area contributed by atoms with E-state index in [0.717, 1.165) is 11.3 Å². The van der Waals surface area contributed by atoms with Crippen LogP contribution in [0.3, 0.4) is 0 Å². The molecule has 2 N–H and O–H groups in total. The molecule has 1 aromatic heterocycles. The molecule has 0 unspecified atom stereocenters. The SMILES string of the molecule is COc1ccc(-c2nnc(NC(=S)NC(=O)c3ccccc3)o2)cc1. The zero-order chi connectivity index (χ0) is 17.6. The third kappa shape index (κ3) is 4.18. The summed E-state index contributed by atoms with van der Waals surface area (Å²) in [6.45, 7) is 0. The number of thiocarbonyl (C=S) groups is 1. The number of aromatic nitrogens is 2. The quantitative estimate of drug-likeness (QED) is 0.696. The Morgan fingerprint density at radius 1 is 1.08 bits per heavy atom. The van der Waals surface area contributed by atoms with Crippen molar-refractivity contribution in [2.75, 3.05) is 12.4 Å². The van der Waals surface area contributed by atoms with E-state index in [1.54, 1.807) is 55.6 Å². The lowest BCUT2D eigenvalue weighted by molar-refractivity contribution is 0.0977. The van der Waals surface area contributed by atoms with Crippen molar-refractivity contribution >= 4 is 29.3 Å². The molecule has 0 saturated carbocycles. The number of carbonyl (C=O) groups is 1. The Labute approximate surface area is 149 Å². The molecular formula is C17H14N4O3S. The molecule has 1 amide bonds. The van der Waals surface area contributed by atoms with Crippen LogP contribution in [0, 0.1) is 0 Å². The second kappa shape index (κ2) is 7.54. The maximum atomic E-state index is 12.0. The third-order valence-electron chi connectivity index (χ3n) is 3.25. The van der Waals surface area contributed by atoms with Gasteiger partial charge in [-0.3, -0.25) is 15.4 Å². The van der Waals surface area contributed by atoms with Crippen molar-refractivity contribution in [2.45, 2.75) is 0 Å². The molecule has 2 aromatic carbocycles. The number of benzene rings is 2. The average molecular weight is 354 g/mol. The number of ether oxygens (including phenoxy) is 1. The van der Waals surface area contributed by atoms with Crippen LogP contribution in [0.2, 0.25) is 0 Å². The van der Waals surface area contributed by atoms with Crippen molar-refractivity contribution in [2.24, 2.45) is 0 Å². The number of rotatable bonds is 4. The first-order chi connectivity index (χ1) is 12.2. The third-order valence-corrected chi connectivity index (χ3v) is 3.45. The van der Waals surface area contributed by atoms with Crippen molar-refractivity contribution in [1.82, 2.24) is 15.5 Å². The molecule has 0 radical (unpaired) electrons. The lowest BCUT2D eigenvalue weighted by Crippen LogP contribution is -2.34. The normalized spacial score (nSPS) is 10.1. The summed E-state index contributed by atoms with van der Waals surface area (Å²) in [6.07, 6.45) is 0. The molecule has 0 spiro atoms. The van der Waals surface area contributed by atoms with E-state index in [1.165, 1.54) is 0 Å². The molecule has 25 heavy (non-hydrogen) atoms. The number of hydrogen-bond donors (Lipinski definition) is 2. The summed E-state index contributed by atoms with van der Waals surface area (Å²) in [7, 11) is 1.59. The number of hydrogen-bond acceptors (Lipinski definition) is 6. The Morgan fingerprint density at radius 3 is 2.48 bits per heavy atom. The molecule has 0 fully saturated rings. The van der Waals surface area contributed by atoms with Crippen molar-refractivity contribution in [3.8, 4) is 17.2 Å². The Bertz CT molecular complexity index is 878. The molecule has 3 rings (SSSR count). The van der Waals surface area contributed by atoms with E-state index in [9.17, 15) is 4.79 Å². The Hall–Kier alpha value is -3.26. The topological polar surface area (TPSA) is 89.3 Å². The van der Waals surface area contributed by atoms with E-state index in [0.29, 0.717) is 11.5 Å². The summed E-state index contributed by atoms with van der Waals surface area (Å²) in [5.41, 5.74) is 1.23. The predicted molar refractivity (Wildman–Crippen MR) is 96.4 cm³/mol. The minimum absolute atomic E-state index is 0.0683. The van der Waals surface area contributed by atoms with Gasteiger partial charge in [0.2, 0.25) is 5.89 Å². The minimum atomic E-state index is -0.326. The fraction of sp³-hybridized carbons (Fsp3) is 0.0588. The summed E-state index contributed by atoms with van der Waals surface area (Å²) in [4.78, 5) is 12.0. The van der Waals surface area contributed by atoms with Crippen LogP contribution in [-0.4, -0.2) is 28.3 Å². The Balaban J connectivity index is 1.62. The number of nitrogens with zero attached hydrogens (tertiary/aromatic N) is 2. The van der Waals surface area contributed by atoms with E-state index in [-0.39, 0.29) is 17.0 Å². The number of anilines is 1. The first-order valence-corrected chi connectivity index (χ1v) is 7.72. The molecule has 1 heterocycles. The second-order valence-corrected chi connectivity index (χ2v) is 5.32. The highest BCUT2D eigenvalue weighted by Crippen LogP contribution is 2.22. The first kappa shape index (κ1) is 16.6. The molecule has 0 bridgehead atoms. The Kier molecular flexibility index (Phi) is 5.00. The first-order valence-electron chi connectivity index (χ1n) is 7.31. The van der Waals surface area contributed by atoms with E-state index in [1.807, 2.05) is 6.07 Å². The highest BCUT2D eigenvalue weighted by molar-refractivity contribution is 7.80. The van der Waals surface area contributed by atoms with Gasteiger partial charge in [-0.1, -0.05) is 23.3 Å². The number of carbonyl (C=O) groups excluding carboxylic acids is 1. The minimum Gasteiger partial charge on any atom is -0.497 e. The van der Waals surface area contributed by atoms with Crippen molar-refractivity contribution in [3.05, 3.63) is 60.2 Å². The predicted octanol–water partition coefficient (Wildman–Crippen LogP) is 2.87. The smallest absolute Gasteiger partial charge is 0.322 e. The lowest BCUT2D eigenvalue weighted by Gasteiger charge is -2.06. The molecule has 0 atom stereocenters. The standard InChI is InChI=1S/C17H14N4O3S/c1-23-13-9-7-12(8-10-13)15-20-21-16(24-15)19-17(25)18-14(22)11-5-3-2-4-6-11/h2-10H,1H3,(H2,18,19,21,22,25). The van der Waals surface area contributed by atoms with Crippen molar-refractivity contribution < 1.29 is 13.9 Å². The molecule has 8 heteroatoms. The van der Waals surface area contributed by atoms with Crippen LogP contribution in [0.1, 0.15) is 10.4 Å². The number of methoxy groups -OCH3 is 1. The van der Waals surface area contributed by atoms with Gasteiger partial charge in [-0.2, -0.15) is 0 Å². The van der Waals surface area contributed by atoms with Gasteiger partial charge in [-0.05, 0) is 48.6 Å². The molecule has 0 aliphatic rings. The highest BCUT2D eigenvalue weighted by Gasteiger charge is 2.12. The van der Waals surface area contributed by atoms with Gasteiger partial charge < -0.3 is 9.15 Å². The van der Waals surface area contributed by atoms with Crippen LogP contribution in [0.5, 0.6) is 5.75 Å². The monoisotopic (exact) mass is 354 g/mol. The zero-order valence-corrected chi connectivity index (χ0v) is 14.0. The molecule has 0 aliphatic carbocycles. The van der Waals surface area contributed by atoms with Crippen LogP contribution in [0.15, 0.2) is 59.0 Å². The van der Waals surface area contributed by atoms with E-state index < -0.39 is 0 Å².